The van der Waals surface area contributed by atoms with Gasteiger partial charge in [-0.05, 0) is 48.6 Å². The van der Waals surface area contributed by atoms with Crippen molar-refractivity contribution in [1.29, 1.82) is 0 Å². The molecule has 1 aromatic rings. The summed E-state index contributed by atoms with van der Waals surface area (Å²) in [5, 5.41) is 13.1. The number of carbonyl (C=O) groups is 1. The van der Waals surface area contributed by atoms with Crippen LogP contribution in [0.2, 0.25) is 0 Å². The van der Waals surface area contributed by atoms with Crippen molar-refractivity contribution in [2.75, 3.05) is 19.8 Å². The molecule has 2 saturated heterocycles. The minimum Gasteiger partial charge on any atom is -0.494 e. The number of cyclic esters (lactones) is 1. The third-order valence-corrected chi connectivity index (χ3v) is 6.29. The van der Waals surface area contributed by atoms with Crippen LogP contribution < -0.4 is 10.1 Å². The first-order valence-electron chi connectivity index (χ1n) is 10.5. The third kappa shape index (κ3) is 4.82. The highest BCUT2D eigenvalue weighted by Crippen LogP contribution is 2.37. The fourth-order valence-electron chi connectivity index (χ4n) is 4.35. The minimum atomic E-state index is -0.696. The molecule has 1 aliphatic carbocycles. The Balaban J connectivity index is 1.48. The molecule has 2 unspecified atom stereocenters. The van der Waals surface area contributed by atoms with E-state index in [0.717, 1.165) is 29.7 Å². The lowest BCUT2D eigenvalue weighted by Crippen LogP contribution is -2.59. The average molecular weight is 434 g/mol. The van der Waals surface area contributed by atoms with Crippen molar-refractivity contribution in [2.45, 2.75) is 55.8 Å². The van der Waals surface area contributed by atoms with Crippen molar-refractivity contribution in [2.24, 2.45) is 0 Å². The molecule has 162 valence electrons. The maximum absolute atomic E-state index is 11.4. The van der Waals surface area contributed by atoms with E-state index < -0.39 is 17.8 Å². The van der Waals surface area contributed by atoms with Gasteiger partial charge in [0.1, 0.15) is 18.0 Å². The number of amides is 1. The third-order valence-electron chi connectivity index (χ3n) is 5.84. The normalized spacial score (nSPS) is 31.4. The monoisotopic (exact) mass is 433 g/mol. The summed E-state index contributed by atoms with van der Waals surface area (Å²) >= 11 is 6.61. The highest BCUT2D eigenvalue weighted by molar-refractivity contribution is 6.22. The van der Waals surface area contributed by atoms with E-state index in [1.54, 1.807) is 0 Å². The smallest absolute Gasteiger partial charge is 0.407 e. The Bertz CT molecular complexity index is 825. The van der Waals surface area contributed by atoms with E-state index in [1.807, 2.05) is 19.1 Å². The molecule has 0 saturated carbocycles. The number of allylic oxidation sites excluding steroid dienone is 2. The number of carbonyl (C=O) groups excluding carboxylic acids is 1. The Morgan fingerprint density at radius 2 is 2.13 bits per heavy atom. The zero-order valence-electron chi connectivity index (χ0n) is 17.1. The van der Waals surface area contributed by atoms with Gasteiger partial charge < -0.3 is 24.6 Å². The number of nitrogens with one attached hydrogen (secondary N) is 1. The Labute approximate surface area is 181 Å². The molecule has 30 heavy (non-hydrogen) atoms. The predicted octanol–water partition coefficient (Wildman–Crippen LogP) is 3.51. The number of ether oxygens (including phenoxy) is 3. The molecule has 4 rings (SSSR count). The summed E-state index contributed by atoms with van der Waals surface area (Å²) in [7, 11) is 0. The molecule has 1 amide bonds. The average Bonchev–Trinajstić information content (AvgIpc) is 2.73. The summed E-state index contributed by atoms with van der Waals surface area (Å²) in [6, 6.07) is 8.07. The van der Waals surface area contributed by atoms with Crippen LogP contribution in [0.15, 0.2) is 47.6 Å². The number of hydrogen-bond donors (Lipinski definition) is 2. The Morgan fingerprint density at radius 3 is 2.83 bits per heavy atom. The standard InChI is InChI=1S/C23H28ClNO5/c1-2-28-19-6-3-15(4-7-19)9-17-10-16(5-8-20(17)24)21-11-18(26)12-23(30-21)13-25-22(27)29-14-23/h3-7,10,18,20-21,26H,2,8-9,11-14H2,1H3,(H,25,27)/t18-,20?,21-,23?/m1/s1. The summed E-state index contributed by atoms with van der Waals surface area (Å²) < 4.78 is 17.0. The Hall–Kier alpha value is -2.02. The Kier molecular flexibility index (Phi) is 6.37. The lowest BCUT2D eigenvalue weighted by Gasteiger charge is -2.45. The van der Waals surface area contributed by atoms with Crippen LogP contribution >= 0.6 is 11.6 Å². The predicted molar refractivity (Wildman–Crippen MR) is 114 cm³/mol. The van der Waals surface area contributed by atoms with Crippen molar-refractivity contribution in [3.8, 4) is 5.75 Å². The van der Waals surface area contributed by atoms with Crippen LogP contribution in [0, 0.1) is 0 Å². The first-order valence-corrected chi connectivity index (χ1v) is 10.9. The van der Waals surface area contributed by atoms with Gasteiger partial charge in [0.2, 0.25) is 0 Å². The van der Waals surface area contributed by atoms with Gasteiger partial charge in [-0.15, -0.1) is 11.6 Å². The van der Waals surface area contributed by atoms with Crippen molar-refractivity contribution in [1.82, 2.24) is 5.32 Å². The molecule has 6 nitrogen and oxygen atoms in total. The van der Waals surface area contributed by atoms with Crippen LogP contribution in [0.3, 0.4) is 0 Å². The van der Waals surface area contributed by atoms with Crippen LogP contribution in [0.5, 0.6) is 5.75 Å². The number of benzene rings is 1. The molecule has 2 aliphatic heterocycles. The van der Waals surface area contributed by atoms with Gasteiger partial charge in [0.05, 0.1) is 30.7 Å². The van der Waals surface area contributed by atoms with E-state index in [4.69, 9.17) is 25.8 Å². The van der Waals surface area contributed by atoms with E-state index in [9.17, 15) is 9.90 Å². The Morgan fingerprint density at radius 1 is 1.33 bits per heavy atom. The molecular weight excluding hydrogens is 406 g/mol. The number of aliphatic hydroxyl groups is 1. The number of aliphatic hydroxyl groups excluding tert-OH is 1. The number of rotatable bonds is 5. The lowest BCUT2D eigenvalue weighted by molar-refractivity contribution is -0.173. The van der Waals surface area contributed by atoms with Crippen LogP contribution in [0.4, 0.5) is 4.79 Å². The molecular formula is C23H28ClNO5. The van der Waals surface area contributed by atoms with E-state index in [1.165, 1.54) is 5.56 Å². The van der Waals surface area contributed by atoms with E-state index in [-0.39, 0.29) is 18.1 Å². The maximum Gasteiger partial charge on any atom is 0.407 e. The second-order valence-electron chi connectivity index (χ2n) is 8.19. The van der Waals surface area contributed by atoms with Crippen molar-refractivity contribution < 1.29 is 24.1 Å². The molecule has 4 atom stereocenters. The largest absolute Gasteiger partial charge is 0.494 e. The molecule has 0 radical (unpaired) electrons. The zero-order chi connectivity index (χ0) is 21.1. The van der Waals surface area contributed by atoms with Gasteiger partial charge in [-0.1, -0.05) is 24.3 Å². The first-order chi connectivity index (χ1) is 14.5. The molecule has 2 heterocycles. The van der Waals surface area contributed by atoms with Gasteiger partial charge in [-0.2, -0.15) is 0 Å². The number of alkyl carbamates (subject to hydrolysis) is 1. The fraction of sp³-hybridized carbons (Fsp3) is 0.522. The fourth-order valence-corrected chi connectivity index (χ4v) is 4.58. The van der Waals surface area contributed by atoms with Crippen molar-refractivity contribution in [3.63, 3.8) is 0 Å². The van der Waals surface area contributed by atoms with Gasteiger partial charge in [0.25, 0.3) is 0 Å². The van der Waals surface area contributed by atoms with E-state index in [0.29, 0.717) is 26.0 Å². The van der Waals surface area contributed by atoms with Crippen molar-refractivity contribution in [3.05, 3.63) is 53.1 Å². The highest BCUT2D eigenvalue weighted by atomic mass is 35.5. The summed E-state index contributed by atoms with van der Waals surface area (Å²) in [5.74, 6) is 0.860. The quantitative estimate of drug-likeness (QED) is 0.695. The van der Waals surface area contributed by atoms with Gasteiger partial charge in [0, 0.05) is 12.8 Å². The minimum absolute atomic E-state index is 0.0694. The maximum atomic E-state index is 11.4. The zero-order valence-corrected chi connectivity index (χ0v) is 17.9. The van der Waals surface area contributed by atoms with Gasteiger partial charge in [-0.3, -0.25) is 0 Å². The number of alkyl halides is 1. The van der Waals surface area contributed by atoms with E-state index >= 15 is 0 Å². The van der Waals surface area contributed by atoms with Gasteiger partial charge in [-0.25, -0.2) is 4.79 Å². The SMILES string of the molecule is CCOc1ccc(CC2=CC([C@H]3C[C@@H](O)CC4(CNC(=O)OC4)O3)=CCC2Cl)cc1. The van der Waals surface area contributed by atoms with Crippen LogP contribution in [0.1, 0.15) is 31.7 Å². The first kappa shape index (κ1) is 21.2. The summed E-state index contributed by atoms with van der Waals surface area (Å²) in [4.78, 5) is 11.4. The highest BCUT2D eigenvalue weighted by Gasteiger charge is 2.45. The second-order valence-corrected chi connectivity index (χ2v) is 8.72. The lowest BCUT2D eigenvalue weighted by atomic mass is 9.84. The van der Waals surface area contributed by atoms with Crippen molar-refractivity contribution >= 4 is 17.7 Å². The topological polar surface area (TPSA) is 77.0 Å². The molecule has 1 aromatic carbocycles. The van der Waals surface area contributed by atoms with Crippen LogP contribution in [-0.4, -0.2) is 54.1 Å². The molecule has 2 fully saturated rings. The number of halogens is 1. The second kappa shape index (κ2) is 9.00. The molecule has 1 spiro atoms. The molecule has 0 bridgehead atoms. The van der Waals surface area contributed by atoms with Crippen LogP contribution in [0.25, 0.3) is 0 Å². The molecule has 3 aliphatic rings. The molecule has 7 heteroatoms. The summed E-state index contributed by atoms with van der Waals surface area (Å²) in [6.45, 7) is 3.11. The van der Waals surface area contributed by atoms with Crippen LogP contribution in [-0.2, 0) is 15.9 Å². The summed E-state index contributed by atoms with van der Waals surface area (Å²) in [6.07, 6.45) is 5.41. The number of hydrogen-bond acceptors (Lipinski definition) is 5. The molecule has 2 N–H and O–H groups in total. The van der Waals surface area contributed by atoms with Gasteiger partial charge in [0.15, 0.2) is 0 Å². The van der Waals surface area contributed by atoms with Gasteiger partial charge >= 0.3 is 6.09 Å². The van der Waals surface area contributed by atoms with E-state index in [2.05, 4.69) is 29.6 Å². The molecule has 0 aromatic heterocycles. The summed E-state index contributed by atoms with van der Waals surface area (Å²) in [5.41, 5.74) is 2.63.